The van der Waals surface area contributed by atoms with Gasteiger partial charge in [0.1, 0.15) is 17.2 Å². The number of methoxy groups -OCH3 is 1. The van der Waals surface area contributed by atoms with E-state index < -0.39 is 5.79 Å². The molecule has 0 amide bonds. The highest BCUT2D eigenvalue weighted by molar-refractivity contribution is 5.56. The zero-order chi connectivity index (χ0) is 23.8. The van der Waals surface area contributed by atoms with Crippen LogP contribution in [0.3, 0.4) is 0 Å². The number of ether oxygens (including phenoxy) is 3. The van der Waals surface area contributed by atoms with Crippen LogP contribution in [0, 0.1) is 12.8 Å². The normalized spacial score (nSPS) is 21.1. The Bertz CT molecular complexity index is 917. The van der Waals surface area contributed by atoms with Crippen molar-refractivity contribution in [3.8, 4) is 17.2 Å². The number of oxazole rings is 1. The van der Waals surface area contributed by atoms with Crippen LogP contribution in [-0.4, -0.2) is 35.7 Å². The summed E-state index contributed by atoms with van der Waals surface area (Å²) in [7, 11) is 1.65. The second-order valence-electron chi connectivity index (χ2n) is 8.95. The van der Waals surface area contributed by atoms with Gasteiger partial charge in [0.05, 0.1) is 19.8 Å². The molecule has 1 aliphatic carbocycles. The Kier molecular flexibility index (Phi) is 9.12. The maximum atomic E-state index is 10.6. The Morgan fingerprint density at radius 2 is 2.12 bits per heavy atom. The van der Waals surface area contributed by atoms with Gasteiger partial charge in [0.25, 0.3) is 0 Å². The molecule has 0 spiro atoms. The molecule has 0 radical (unpaired) electrons. The largest absolute Gasteiger partial charge is 0.497 e. The van der Waals surface area contributed by atoms with Gasteiger partial charge in [-0.2, -0.15) is 0 Å². The molecule has 2 aromatic rings. The molecule has 182 valence electrons. The number of hydrogen-bond acceptors (Lipinski definition) is 6. The van der Waals surface area contributed by atoms with Crippen LogP contribution in [0.5, 0.6) is 5.75 Å². The third-order valence-corrected chi connectivity index (χ3v) is 6.50. The van der Waals surface area contributed by atoms with Crippen LogP contribution in [0.4, 0.5) is 0 Å². The summed E-state index contributed by atoms with van der Waals surface area (Å²) in [5, 5.41) is 10.6. The van der Waals surface area contributed by atoms with Crippen LogP contribution in [0.1, 0.15) is 70.8 Å². The summed E-state index contributed by atoms with van der Waals surface area (Å²) in [5.41, 5.74) is 2.69. The molecular weight excluding hydrogens is 418 g/mol. The molecule has 1 N–H and O–H groups in total. The van der Waals surface area contributed by atoms with E-state index in [2.05, 4.69) is 18.0 Å². The quantitative estimate of drug-likeness (QED) is 0.320. The molecule has 1 saturated carbocycles. The molecule has 33 heavy (non-hydrogen) atoms. The Hall–Kier alpha value is -2.15. The molecule has 3 unspecified atom stereocenters. The molecule has 0 bridgehead atoms. The van der Waals surface area contributed by atoms with E-state index in [1.165, 1.54) is 6.42 Å². The highest BCUT2D eigenvalue weighted by atomic mass is 16.6. The van der Waals surface area contributed by atoms with Gasteiger partial charge in [-0.3, -0.25) is 0 Å². The van der Waals surface area contributed by atoms with Gasteiger partial charge in [-0.15, -0.1) is 0 Å². The number of benzene rings is 1. The van der Waals surface area contributed by atoms with E-state index in [4.69, 9.17) is 18.6 Å². The molecular formula is C27H39NO5. The zero-order valence-electron chi connectivity index (χ0n) is 20.7. The number of rotatable bonds is 11. The van der Waals surface area contributed by atoms with Gasteiger partial charge in [-0.1, -0.05) is 25.5 Å². The highest BCUT2D eigenvalue weighted by Crippen LogP contribution is 2.32. The predicted octanol–water partition coefficient (Wildman–Crippen LogP) is 6.21. The van der Waals surface area contributed by atoms with E-state index in [9.17, 15) is 5.11 Å². The summed E-state index contributed by atoms with van der Waals surface area (Å²) in [4.78, 5) is 4.68. The molecule has 1 aromatic carbocycles. The van der Waals surface area contributed by atoms with Crippen LogP contribution in [0.2, 0.25) is 0 Å². The average Bonchev–Trinajstić information content (AvgIpc) is 3.18. The average molecular weight is 458 g/mol. The first kappa shape index (κ1) is 25.5. The lowest BCUT2D eigenvalue weighted by Gasteiger charge is -2.30. The molecule has 1 fully saturated rings. The summed E-state index contributed by atoms with van der Waals surface area (Å²) in [5.74, 6) is 1.52. The van der Waals surface area contributed by atoms with Crippen molar-refractivity contribution in [3.05, 3.63) is 47.4 Å². The minimum atomic E-state index is -1.18. The van der Waals surface area contributed by atoms with Gasteiger partial charge in [0.2, 0.25) is 5.89 Å². The summed E-state index contributed by atoms with van der Waals surface area (Å²) in [6.07, 6.45) is 8.53. The van der Waals surface area contributed by atoms with E-state index in [1.54, 1.807) is 14.0 Å². The topological polar surface area (TPSA) is 74.0 Å². The number of aryl methyl sites for hydroxylation is 1. The Labute approximate surface area is 198 Å². The number of aliphatic hydroxyl groups is 1. The molecule has 1 heterocycles. The first-order chi connectivity index (χ1) is 15.9. The van der Waals surface area contributed by atoms with Crippen molar-refractivity contribution in [2.45, 2.75) is 84.7 Å². The highest BCUT2D eigenvalue weighted by Gasteiger charge is 2.27. The van der Waals surface area contributed by atoms with Crippen LogP contribution in [0.15, 0.2) is 40.3 Å². The smallest absolute Gasteiger partial charge is 0.226 e. The summed E-state index contributed by atoms with van der Waals surface area (Å²) in [6, 6.07) is 7.71. The SMILES string of the molecule is CCOC(C)(O)C(=CCC1CCCC(OCc2nc(-c3cccc(OC)c3)oc2C)C1)CC. The maximum Gasteiger partial charge on any atom is 0.226 e. The second-order valence-corrected chi connectivity index (χ2v) is 8.95. The number of hydrogen-bond donors (Lipinski definition) is 1. The maximum absolute atomic E-state index is 10.6. The second kappa shape index (κ2) is 11.8. The Balaban J connectivity index is 1.57. The summed E-state index contributed by atoms with van der Waals surface area (Å²) >= 11 is 0. The van der Waals surface area contributed by atoms with E-state index in [1.807, 2.05) is 38.1 Å². The van der Waals surface area contributed by atoms with Gasteiger partial charge in [-0.05, 0) is 82.6 Å². The number of nitrogens with zero attached hydrogens (tertiary/aromatic N) is 1. The van der Waals surface area contributed by atoms with Gasteiger partial charge >= 0.3 is 0 Å². The zero-order valence-corrected chi connectivity index (χ0v) is 20.7. The lowest BCUT2D eigenvalue weighted by atomic mass is 9.84. The van der Waals surface area contributed by atoms with Gasteiger partial charge in [0.15, 0.2) is 5.79 Å². The van der Waals surface area contributed by atoms with Gasteiger partial charge in [0, 0.05) is 12.2 Å². The number of aromatic nitrogens is 1. The fourth-order valence-electron chi connectivity index (χ4n) is 4.59. The fraction of sp³-hybridized carbons (Fsp3) is 0.593. The van der Waals surface area contributed by atoms with Crippen molar-refractivity contribution in [1.82, 2.24) is 4.98 Å². The summed E-state index contributed by atoms with van der Waals surface area (Å²) in [6.45, 7) is 8.57. The molecule has 1 aliphatic rings. The molecule has 0 aliphatic heterocycles. The van der Waals surface area contributed by atoms with E-state index in [-0.39, 0.29) is 6.10 Å². The standard InChI is InChI=1S/C27H39NO5/c1-6-22(27(4,29)32-7-2)15-14-20-10-8-13-24(16-20)31-18-25-19(3)33-26(28-25)21-11-9-12-23(17-21)30-5/h9,11-12,15,17,20,24,29H,6-8,10,13-14,16,18H2,1-5H3. The molecule has 3 atom stereocenters. The van der Waals surface area contributed by atoms with Gasteiger partial charge in [-0.25, -0.2) is 4.98 Å². The molecule has 3 rings (SSSR count). The lowest BCUT2D eigenvalue weighted by Crippen LogP contribution is -2.31. The van der Waals surface area contributed by atoms with Crippen molar-refractivity contribution >= 4 is 0 Å². The first-order valence-electron chi connectivity index (χ1n) is 12.1. The van der Waals surface area contributed by atoms with E-state index in [0.29, 0.717) is 25.0 Å². The van der Waals surface area contributed by atoms with E-state index >= 15 is 0 Å². The third kappa shape index (κ3) is 6.92. The van der Waals surface area contributed by atoms with Crippen molar-refractivity contribution in [2.24, 2.45) is 5.92 Å². The third-order valence-electron chi connectivity index (χ3n) is 6.50. The van der Waals surface area contributed by atoms with E-state index in [0.717, 1.165) is 60.4 Å². The van der Waals surface area contributed by atoms with Crippen LogP contribution < -0.4 is 4.74 Å². The van der Waals surface area contributed by atoms with Crippen molar-refractivity contribution in [3.63, 3.8) is 0 Å². The van der Waals surface area contributed by atoms with Crippen molar-refractivity contribution < 1.29 is 23.7 Å². The molecule has 6 heteroatoms. The predicted molar refractivity (Wildman–Crippen MR) is 129 cm³/mol. The minimum Gasteiger partial charge on any atom is -0.497 e. The molecule has 0 saturated heterocycles. The monoisotopic (exact) mass is 457 g/mol. The fourth-order valence-corrected chi connectivity index (χ4v) is 4.59. The Morgan fingerprint density at radius 3 is 2.85 bits per heavy atom. The minimum absolute atomic E-state index is 0.214. The summed E-state index contributed by atoms with van der Waals surface area (Å²) < 4.78 is 23.0. The van der Waals surface area contributed by atoms with Crippen LogP contribution >= 0.6 is 0 Å². The lowest BCUT2D eigenvalue weighted by molar-refractivity contribution is -0.159. The molecule has 1 aromatic heterocycles. The Morgan fingerprint density at radius 1 is 1.30 bits per heavy atom. The molecule has 6 nitrogen and oxygen atoms in total. The van der Waals surface area contributed by atoms with Crippen LogP contribution in [-0.2, 0) is 16.1 Å². The van der Waals surface area contributed by atoms with Gasteiger partial charge < -0.3 is 23.7 Å². The van der Waals surface area contributed by atoms with Crippen molar-refractivity contribution in [1.29, 1.82) is 0 Å². The first-order valence-corrected chi connectivity index (χ1v) is 12.1. The van der Waals surface area contributed by atoms with Crippen LogP contribution in [0.25, 0.3) is 11.5 Å². The number of allylic oxidation sites excluding steroid dienone is 1. The van der Waals surface area contributed by atoms with Crippen molar-refractivity contribution in [2.75, 3.05) is 13.7 Å².